The number of benzene rings is 21. The van der Waals surface area contributed by atoms with Gasteiger partial charge in [0, 0.05) is 0 Å². The fraction of sp³-hybridized carbons (Fsp3) is 0. The highest BCUT2D eigenvalue weighted by Gasteiger charge is 2.28. The van der Waals surface area contributed by atoms with Crippen LogP contribution in [0.2, 0.25) is 0 Å². The predicted octanol–water partition coefficient (Wildman–Crippen LogP) is 32.4. The summed E-state index contributed by atoms with van der Waals surface area (Å²) in [5.41, 5.74) is 36.8. The number of hydrogen-bond donors (Lipinski definition) is 0. The summed E-state index contributed by atoms with van der Waals surface area (Å²) in [5.74, 6) is 0. The van der Waals surface area contributed by atoms with Crippen molar-refractivity contribution in [3.8, 4) is 178 Å². The molecule has 0 bridgehead atoms. The van der Waals surface area contributed by atoms with Crippen LogP contribution < -0.4 is 0 Å². The summed E-state index contributed by atoms with van der Waals surface area (Å²) in [7, 11) is 0. The molecule has 0 heterocycles. The molecule has 21 aromatic carbocycles. The highest BCUT2D eigenvalue weighted by molar-refractivity contribution is 6.36. The van der Waals surface area contributed by atoms with Crippen LogP contribution in [0.3, 0.4) is 0 Å². The summed E-state index contributed by atoms with van der Waals surface area (Å²) in [6, 6.07) is 173. The average molecular weight is 1470 g/mol. The van der Waals surface area contributed by atoms with Gasteiger partial charge in [0.25, 0.3) is 0 Å². The first-order valence-electron chi connectivity index (χ1n) is 40.2. The van der Waals surface area contributed by atoms with Crippen LogP contribution in [0.1, 0.15) is 0 Å². The van der Waals surface area contributed by atoms with Crippen molar-refractivity contribution in [2.45, 2.75) is 0 Å². The summed E-state index contributed by atoms with van der Waals surface area (Å²) < 4.78 is 0. The Labute approximate surface area is 677 Å². The molecule has 21 rings (SSSR count). The van der Waals surface area contributed by atoms with Gasteiger partial charge in [-0.25, -0.2) is 0 Å². The fourth-order valence-electron chi connectivity index (χ4n) is 18.2. The molecule has 0 radical (unpaired) electrons. The van der Waals surface area contributed by atoms with Crippen molar-refractivity contribution >= 4 is 43.1 Å². The second kappa shape index (κ2) is 29.9. The van der Waals surface area contributed by atoms with Gasteiger partial charge < -0.3 is 0 Å². The Hall–Kier alpha value is -15.1. The van der Waals surface area contributed by atoms with Gasteiger partial charge in [-0.1, -0.05) is 364 Å². The van der Waals surface area contributed by atoms with Crippen molar-refractivity contribution in [3.63, 3.8) is 0 Å². The van der Waals surface area contributed by atoms with Crippen LogP contribution in [0.5, 0.6) is 0 Å². The van der Waals surface area contributed by atoms with Crippen LogP contribution in [-0.4, -0.2) is 0 Å². The topological polar surface area (TPSA) is 0 Å². The van der Waals surface area contributed by atoms with Crippen LogP contribution in [0, 0.1) is 0 Å². The Morgan fingerprint density at radius 2 is 0.224 bits per heavy atom. The average Bonchev–Trinajstić information content (AvgIpc) is 0.695. The maximum absolute atomic E-state index is 2.58. The smallest absolute Gasteiger partial charge is 0.00255 e. The lowest BCUT2D eigenvalue weighted by Crippen LogP contribution is -1.98. The largest absolute Gasteiger partial charge is 0.0622 e. The lowest BCUT2D eigenvalue weighted by molar-refractivity contribution is 1.54. The monoisotopic (exact) mass is 1470 g/mol. The van der Waals surface area contributed by atoms with Gasteiger partial charge in [0.1, 0.15) is 0 Å². The Morgan fingerprint density at radius 3 is 0.362 bits per heavy atom. The van der Waals surface area contributed by atoms with Gasteiger partial charge in [-0.05, 0) is 318 Å². The molecule has 0 saturated heterocycles. The molecule has 21 aromatic rings. The van der Waals surface area contributed by atoms with E-state index in [-0.39, 0.29) is 0 Å². The zero-order valence-electron chi connectivity index (χ0n) is 63.9. The van der Waals surface area contributed by atoms with Crippen molar-refractivity contribution in [1.29, 1.82) is 0 Å². The first-order chi connectivity index (χ1) is 57.5. The Morgan fingerprint density at radius 1 is 0.0948 bits per heavy atom. The molecule has 0 aliphatic heterocycles. The van der Waals surface area contributed by atoms with Crippen LogP contribution in [-0.2, 0) is 0 Å². The molecule has 0 aliphatic rings. The van der Waals surface area contributed by atoms with E-state index in [2.05, 4.69) is 461 Å². The maximum Gasteiger partial charge on any atom is -0.00255 e. The molecule has 0 saturated carbocycles. The molecule has 0 heteroatoms. The van der Waals surface area contributed by atoms with Crippen molar-refractivity contribution in [3.05, 3.63) is 461 Å². The van der Waals surface area contributed by atoms with Crippen LogP contribution >= 0.6 is 0 Å². The van der Waals surface area contributed by atoms with Crippen LogP contribution in [0.15, 0.2) is 461 Å². The Balaban J connectivity index is 0.978. The third kappa shape index (κ3) is 12.7. The van der Waals surface area contributed by atoms with E-state index in [4.69, 9.17) is 0 Å². The van der Waals surface area contributed by atoms with Gasteiger partial charge in [0.2, 0.25) is 0 Å². The second-order valence-electron chi connectivity index (χ2n) is 30.5. The number of rotatable bonds is 16. The summed E-state index contributed by atoms with van der Waals surface area (Å²) >= 11 is 0. The van der Waals surface area contributed by atoms with Gasteiger partial charge in [-0.15, -0.1) is 0 Å². The van der Waals surface area contributed by atoms with E-state index in [1.165, 1.54) is 32.3 Å². The Bertz CT molecular complexity index is 6070. The molecular weight excluding hydrogens is 1390 g/mol. The molecule has 0 N–H and O–H groups in total. The lowest BCUT2D eigenvalue weighted by Gasteiger charge is -2.25. The van der Waals surface area contributed by atoms with Gasteiger partial charge in [0.15, 0.2) is 0 Å². The molecular formula is C116H76. The molecule has 0 fully saturated rings. The molecule has 0 amide bonds. The molecule has 0 atom stereocenters. The minimum Gasteiger partial charge on any atom is -0.0622 e. The second-order valence-corrected chi connectivity index (χ2v) is 30.5. The third-order valence-electron chi connectivity index (χ3n) is 23.5. The van der Waals surface area contributed by atoms with E-state index in [0.717, 1.165) is 189 Å². The van der Waals surface area contributed by atoms with E-state index in [9.17, 15) is 0 Å². The molecule has 0 aliphatic carbocycles. The zero-order valence-corrected chi connectivity index (χ0v) is 63.9. The maximum atomic E-state index is 2.58. The quantitative estimate of drug-likeness (QED) is 0.0668. The van der Waals surface area contributed by atoms with Crippen LogP contribution in [0.4, 0.5) is 0 Å². The standard InChI is InChI=1S/C116H76/c1-13-37-77(38-14-1)89-65-99(81-45-21-5-22-46-81)111(100(66-89)82-47-23-6-24-48-82)95-61-93-62-96(112-101(83-49-25-7-26-50-83)67-90(78-39-15-2-16-40-78)68-102(112)84-51-27-8-28-52-84)75-109-110-76-98(114-105(87-57-33-11-34-58-87)71-92(80-43-19-4-20-44-80)72-106(114)88-59-35-12-36-60-88)64-94-63-97(74-108(116(94)110)107(73-95)115(93)109)113-103(85-53-29-9-30-54-85)69-91(79-41-17-3-18-42-79)70-104(113)86-55-31-10-32-56-86/h1-76H. The van der Waals surface area contributed by atoms with Gasteiger partial charge in [-0.2, -0.15) is 0 Å². The summed E-state index contributed by atoms with van der Waals surface area (Å²) in [5, 5.41) is 9.37. The van der Waals surface area contributed by atoms with Crippen molar-refractivity contribution in [2.24, 2.45) is 0 Å². The van der Waals surface area contributed by atoms with Gasteiger partial charge >= 0.3 is 0 Å². The van der Waals surface area contributed by atoms with Crippen molar-refractivity contribution < 1.29 is 0 Å². The molecule has 0 unspecified atom stereocenters. The molecule has 0 nitrogen and oxygen atoms in total. The third-order valence-corrected chi connectivity index (χ3v) is 23.5. The summed E-state index contributed by atoms with van der Waals surface area (Å²) in [6.07, 6.45) is 0. The first kappa shape index (κ1) is 68.9. The molecule has 116 heavy (non-hydrogen) atoms. The normalized spacial score (nSPS) is 11.4. The van der Waals surface area contributed by atoms with Crippen molar-refractivity contribution in [1.82, 2.24) is 0 Å². The van der Waals surface area contributed by atoms with E-state index in [1.54, 1.807) is 0 Å². The van der Waals surface area contributed by atoms with Gasteiger partial charge in [0.05, 0.1) is 0 Å². The first-order valence-corrected chi connectivity index (χ1v) is 40.2. The van der Waals surface area contributed by atoms with E-state index in [0.29, 0.717) is 0 Å². The van der Waals surface area contributed by atoms with E-state index < -0.39 is 0 Å². The Kier molecular flexibility index (Phi) is 17.7. The molecule has 0 spiro atoms. The minimum absolute atomic E-state index is 1.12. The SMILES string of the molecule is c1ccc(-c2cc(-c3ccccc3)c(-c3cc4cc(-c5c(-c6ccccc6)cc(-c6ccccc6)cc5-c5ccccc5)cc5c6cc(-c7c(-c8ccccc8)cc(-c8ccccc8)cc7-c7ccccc7)cc7cc(-c8c(-c9ccccc9)cc(-c9ccccc9)cc8-c8ccccc8)cc(c(c3)c45)c76)c(-c3ccccc3)c2)cc1. The van der Waals surface area contributed by atoms with E-state index in [1.807, 2.05) is 0 Å². The summed E-state index contributed by atoms with van der Waals surface area (Å²) in [6.45, 7) is 0. The van der Waals surface area contributed by atoms with E-state index >= 15 is 0 Å². The highest BCUT2D eigenvalue weighted by atomic mass is 14.3. The zero-order chi connectivity index (χ0) is 76.8. The number of fused-ring (bicyclic) bond motifs is 2. The summed E-state index contributed by atoms with van der Waals surface area (Å²) in [4.78, 5) is 0. The molecule has 0 aromatic heterocycles. The molecule has 540 valence electrons. The predicted molar refractivity (Wildman–Crippen MR) is 495 cm³/mol. The number of hydrogen-bond acceptors (Lipinski definition) is 0. The fourth-order valence-corrected chi connectivity index (χ4v) is 18.2. The van der Waals surface area contributed by atoms with Gasteiger partial charge in [-0.3, -0.25) is 0 Å². The van der Waals surface area contributed by atoms with Crippen molar-refractivity contribution in [2.75, 3.05) is 0 Å². The highest BCUT2D eigenvalue weighted by Crippen LogP contribution is 2.55. The minimum atomic E-state index is 1.12. The lowest BCUT2D eigenvalue weighted by atomic mass is 9.78. The van der Waals surface area contributed by atoms with Crippen LogP contribution in [0.25, 0.3) is 221 Å².